The van der Waals surface area contributed by atoms with E-state index < -0.39 is 23.5 Å². The van der Waals surface area contributed by atoms with Crippen molar-refractivity contribution in [2.45, 2.75) is 58.6 Å². The molecule has 0 spiro atoms. The molecule has 0 atom stereocenters. The van der Waals surface area contributed by atoms with Gasteiger partial charge in [-0.15, -0.1) is 0 Å². The maximum Gasteiger partial charge on any atom is 0.342 e. The van der Waals surface area contributed by atoms with Gasteiger partial charge >= 0.3 is 5.97 Å². The average Bonchev–Trinajstić information content (AvgIpc) is 3.13. The third-order valence-electron chi connectivity index (χ3n) is 5.73. The van der Waals surface area contributed by atoms with Gasteiger partial charge in [-0.1, -0.05) is 37.3 Å². The van der Waals surface area contributed by atoms with Crippen LogP contribution >= 0.6 is 0 Å². The number of hydrogen-bond acceptors (Lipinski definition) is 4. The Labute approximate surface area is 162 Å². The molecule has 0 radical (unpaired) electrons. The first-order valence-corrected chi connectivity index (χ1v) is 9.39. The van der Waals surface area contributed by atoms with Crippen LogP contribution in [0.15, 0.2) is 36.5 Å². The molecule has 0 unspecified atom stereocenters. The summed E-state index contributed by atoms with van der Waals surface area (Å²) in [6, 6.07) is 8.78. The van der Waals surface area contributed by atoms with Gasteiger partial charge in [0.05, 0.1) is 12.2 Å². The van der Waals surface area contributed by atoms with E-state index in [4.69, 9.17) is 4.74 Å². The number of ketones is 1. The maximum absolute atomic E-state index is 13.8. The van der Waals surface area contributed by atoms with Gasteiger partial charge in [0.25, 0.3) is 6.43 Å². The number of Topliss-reactive ketones (excluding diaryl/α,β-unsaturated/α-hetero) is 1. The molecule has 28 heavy (non-hydrogen) atoms. The summed E-state index contributed by atoms with van der Waals surface area (Å²) in [5.74, 6) is -0.694. The van der Waals surface area contributed by atoms with Crippen LogP contribution in [0.3, 0.4) is 0 Å². The van der Waals surface area contributed by atoms with E-state index in [-0.39, 0.29) is 24.0 Å². The Kier molecular flexibility index (Phi) is 5.91. The number of carbonyl (C=O) groups is 2. The van der Waals surface area contributed by atoms with Crippen molar-refractivity contribution >= 4 is 11.8 Å². The van der Waals surface area contributed by atoms with E-state index >= 15 is 0 Å². The quantitative estimate of drug-likeness (QED) is 0.659. The molecular formula is C21H24F2N2O3. The van der Waals surface area contributed by atoms with Gasteiger partial charge in [0.1, 0.15) is 23.6 Å². The lowest BCUT2D eigenvalue weighted by Gasteiger charge is -2.35. The summed E-state index contributed by atoms with van der Waals surface area (Å²) in [6.45, 7) is 3.49. The van der Waals surface area contributed by atoms with E-state index in [1.165, 1.54) is 4.68 Å². The lowest BCUT2D eigenvalue weighted by Crippen LogP contribution is -2.32. The highest BCUT2D eigenvalue weighted by Gasteiger charge is 2.37. The summed E-state index contributed by atoms with van der Waals surface area (Å²) < 4.78 is 34.0. The van der Waals surface area contributed by atoms with Crippen molar-refractivity contribution in [1.82, 2.24) is 9.78 Å². The molecule has 1 saturated carbocycles. The van der Waals surface area contributed by atoms with Crippen LogP contribution in [0.2, 0.25) is 0 Å². The van der Waals surface area contributed by atoms with Gasteiger partial charge in [-0.05, 0) is 38.2 Å². The summed E-state index contributed by atoms with van der Waals surface area (Å²) in [7, 11) is 0. The summed E-state index contributed by atoms with van der Waals surface area (Å²) in [5.41, 5.74) is -0.246. The second-order valence-corrected chi connectivity index (χ2v) is 7.60. The monoisotopic (exact) mass is 390 g/mol. The Hall–Kier alpha value is -2.57. The number of ether oxygens (including phenoxy) is 1. The van der Waals surface area contributed by atoms with E-state index in [2.05, 4.69) is 5.10 Å². The molecule has 0 bridgehead atoms. The maximum atomic E-state index is 13.8. The van der Waals surface area contributed by atoms with E-state index in [1.54, 1.807) is 19.1 Å². The van der Waals surface area contributed by atoms with Gasteiger partial charge in [0.2, 0.25) is 0 Å². The normalized spacial score (nSPS) is 22.2. The smallest absolute Gasteiger partial charge is 0.342 e. The largest absolute Gasteiger partial charge is 0.457 e. The SMILES string of the molecule is CC(=O)[C@]1(C)CC[C@@H](n2ncc(C(=O)OCc3ccccc3)c2C(F)F)CC1. The lowest BCUT2D eigenvalue weighted by molar-refractivity contribution is -0.127. The molecule has 7 heteroatoms. The highest BCUT2D eigenvalue weighted by atomic mass is 19.3. The first kappa shape index (κ1) is 20.2. The Bertz CT molecular complexity index is 841. The summed E-state index contributed by atoms with van der Waals surface area (Å²) in [4.78, 5) is 24.2. The molecule has 0 N–H and O–H groups in total. The fourth-order valence-electron chi connectivity index (χ4n) is 3.67. The molecule has 1 fully saturated rings. The Morgan fingerprint density at radius 3 is 2.46 bits per heavy atom. The van der Waals surface area contributed by atoms with Crippen molar-refractivity contribution in [2.75, 3.05) is 0 Å². The first-order valence-electron chi connectivity index (χ1n) is 9.39. The molecule has 0 aliphatic heterocycles. The first-order chi connectivity index (χ1) is 13.3. The van der Waals surface area contributed by atoms with Crippen LogP contribution in [0.1, 0.15) is 73.6 Å². The van der Waals surface area contributed by atoms with Gasteiger partial charge in [-0.25, -0.2) is 13.6 Å². The lowest BCUT2D eigenvalue weighted by atomic mass is 9.71. The second-order valence-electron chi connectivity index (χ2n) is 7.60. The predicted molar refractivity (Wildman–Crippen MR) is 99.0 cm³/mol. The molecular weight excluding hydrogens is 366 g/mol. The van der Waals surface area contributed by atoms with Gasteiger partial charge in [0, 0.05) is 5.41 Å². The van der Waals surface area contributed by atoms with E-state index in [0.29, 0.717) is 25.7 Å². The molecule has 1 aliphatic carbocycles. The highest BCUT2D eigenvalue weighted by molar-refractivity contribution is 5.90. The summed E-state index contributed by atoms with van der Waals surface area (Å²) >= 11 is 0. The van der Waals surface area contributed by atoms with Crippen LogP contribution in [0.25, 0.3) is 0 Å². The highest BCUT2D eigenvalue weighted by Crippen LogP contribution is 2.42. The zero-order valence-corrected chi connectivity index (χ0v) is 16.0. The molecule has 1 heterocycles. The van der Waals surface area contributed by atoms with Crippen LogP contribution in [-0.2, 0) is 16.1 Å². The van der Waals surface area contributed by atoms with Gasteiger partial charge in [-0.2, -0.15) is 5.10 Å². The number of carbonyl (C=O) groups excluding carboxylic acids is 2. The number of esters is 1. The van der Waals surface area contributed by atoms with Gasteiger partial charge < -0.3 is 4.74 Å². The van der Waals surface area contributed by atoms with Crippen molar-refractivity contribution in [3.63, 3.8) is 0 Å². The molecule has 3 rings (SSSR count). The molecule has 0 saturated heterocycles. The topological polar surface area (TPSA) is 61.2 Å². The van der Waals surface area contributed by atoms with Crippen LogP contribution in [0.5, 0.6) is 0 Å². The van der Waals surface area contributed by atoms with Crippen LogP contribution in [-0.4, -0.2) is 21.5 Å². The number of rotatable bonds is 6. The predicted octanol–water partition coefficient (Wildman–Crippen LogP) is 4.89. The number of hydrogen-bond donors (Lipinski definition) is 0. The van der Waals surface area contributed by atoms with Crippen molar-refractivity contribution in [2.24, 2.45) is 5.41 Å². The summed E-state index contributed by atoms with van der Waals surface area (Å²) in [5, 5.41) is 4.08. The van der Waals surface area contributed by atoms with Crippen LogP contribution < -0.4 is 0 Å². The van der Waals surface area contributed by atoms with E-state index in [1.807, 2.05) is 25.1 Å². The standard InChI is InChI=1S/C21H24F2N2O3/c1-14(26)21(2)10-8-16(9-11-21)25-18(19(22)23)17(12-24-25)20(27)28-13-15-6-4-3-5-7-15/h3-7,12,16,19H,8-11,13H2,1-2H3/t16-,21-. The Morgan fingerprint density at radius 2 is 1.89 bits per heavy atom. The van der Waals surface area contributed by atoms with E-state index in [0.717, 1.165) is 11.8 Å². The molecule has 2 aromatic rings. The Morgan fingerprint density at radius 1 is 1.25 bits per heavy atom. The molecule has 1 aliphatic rings. The minimum absolute atomic E-state index is 0.00786. The molecule has 1 aromatic heterocycles. The summed E-state index contributed by atoms with van der Waals surface area (Å²) in [6.07, 6.45) is 0.676. The number of aromatic nitrogens is 2. The van der Waals surface area contributed by atoms with Crippen molar-refractivity contribution in [1.29, 1.82) is 0 Å². The van der Waals surface area contributed by atoms with Crippen LogP contribution in [0, 0.1) is 5.41 Å². The molecule has 1 aromatic carbocycles. The third kappa shape index (κ3) is 4.13. The van der Waals surface area contributed by atoms with Crippen molar-refractivity contribution in [3.8, 4) is 0 Å². The Balaban J connectivity index is 1.75. The minimum Gasteiger partial charge on any atom is -0.457 e. The fraction of sp³-hybridized carbons (Fsp3) is 0.476. The number of nitrogens with zero attached hydrogens (tertiary/aromatic N) is 2. The zero-order chi connectivity index (χ0) is 20.3. The number of benzene rings is 1. The zero-order valence-electron chi connectivity index (χ0n) is 16.0. The average molecular weight is 390 g/mol. The number of halogens is 2. The van der Waals surface area contributed by atoms with Crippen LogP contribution in [0.4, 0.5) is 8.78 Å². The van der Waals surface area contributed by atoms with Gasteiger partial charge in [0.15, 0.2) is 0 Å². The fourth-order valence-corrected chi connectivity index (χ4v) is 3.67. The van der Waals surface area contributed by atoms with Crippen molar-refractivity contribution in [3.05, 3.63) is 53.3 Å². The van der Waals surface area contributed by atoms with E-state index in [9.17, 15) is 18.4 Å². The second kappa shape index (κ2) is 8.20. The third-order valence-corrected chi connectivity index (χ3v) is 5.73. The molecule has 5 nitrogen and oxygen atoms in total. The minimum atomic E-state index is -2.84. The molecule has 150 valence electrons. The molecule has 0 amide bonds. The van der Waals surface area contributed by atoms with Gasteiger partial charge in [-0.3, -0.25) is 9.48 Å². The van der Waals surface area contributed by atoms with Crippen molar-refractivity contribution < 1.29 is 23.1 Å². The number of alkyl halides is 2.